The Bertz CT molecular complexity index is 210. The first kappa shape index (κ1) is 8.44. The first-order valence-corrected chi connectivity index (χ1v) is 2.55. The monoisotopic (exact) mass is 137 g/mol. The standard InChI is InChI=1S/C7H7NO2/c1-6(5-8)3-4-7(9)10-2/h3-4H,1H2,2H3. The third-order valence-electron chi connectivity index (χ3n) is 0.765. The van der Waals surface area contributed by atoms with Crippen LogP contribution in [0.5, 0.6) is 0 Å². The summed E-state index contributed by atoms with van der Waals surface area (Å²) in [5.41, 5.74) is 0.227. The minimum Gasteiger partial charge on any atom is -0.466 e. The van der Waals surface area contributed by atoms with Crippen LogP contribution in [0.25, 0.3) is 0 Å². The Morgan fingerprint density at radius 1 is 1.70 bits per heavy atom. The fraction of sp³-hybridized carbons (Fsp3) is 0.143. The molecular weight excluding hydrogens is 130 g/mol. The Morgan fingerprint density at radius 3 is 2.70 bits per heavy atom. The van der Waals surface area contributed by atoms with Gasteiger partial charge >= 0.3 is 5.97 Å². The van der Waals surface area contributed by atoms with Crippen LogP contribution in [-0.2, 0) is 9.53 Å². The Hall–Kier alpha value is -1.56. The van der Waals surface area contributed by atoms with Gasteiger partial charge in [0.15, 0.2) is 0 Å². The van der Waals surface area contributed by atoms with Crippen molar-refractivity contribution in [2.24, 2.45) is 0 Å². The maximum Gasteiger partial charge on any atom is 0.330 e. The first-order valence-electron chi connectivity index (χ1n) is 2.55. The maximum atomic E-state index is 10.4. The zero-order valence-corrected chi connectivity index (χ0v) is 5.63. The molecule has 0 heterocycles. The average Bonchev–Trinajstić information content (AvgIpc) is 1.99. The Kier molecular flexibility index (Phi) is 3.66. The topological polar surface area (TPSA) is 50.1 Å². The van der Waals surface area contributed by atoms with E-state index in [2.05, 4.69) is 11.3 Å². The number of carbonyl (C=O) groups is 1. The SMILES string of the molecule is C=C(C#N)C=CC(=O)OC. The molecule has 0 aromatic carbocycles. The highest BCUT2D eigenvalue weighted by Gasteiger charge is 1.89. The van der Waals surface area contributed by atoms with Gasteiger partial charge in [0, 0.05) is 11.6 Å². The molecule has 0 aromatic rings. The Morgan fingerprint density at radius 2 is 2.30 bits per heavy atom. The number of hydrogen-bond donors (Lipinski definition) is 0. The summed E-state index contributed by atoms with van der Waals surface area (Å²) in [6.45, 7) is 3.32. The van der Waals surface area contributed by atoms with Gasteiger partial charge in [0.25, 0.3) is 0 Å². The Labute approximate surface area is 59.2 Å². The number of rotatable bonds is 2. The van der Waals surface area contributed by atoms with Crippen LogP contribution >= 0.6 is 0 Å². The molecule has 0 N–H and O–H groups in total. The van der Waals surface area contributed by atoms with Gasteiger partial charge in [-0.1, -0.05) is 6.58 Å². The van der Waals surface area contributed by atoms with Crippen molar-refractivity contribution in [3.05, 3.63) is 24.3 Å². The lowest BCUT2D eigenvalue weighted by Gasteiger charge is -1.86. The van der Waals surface area contributed by atoms with Crippen LogP contribution < -0.4 is 0 Å². The molecule has 0 aliphatic rings. The van der Waals surface area contributed by atoms with E-state index < -0.39 is 5.97 Å². The predicted octanol–water partition coefficient (Wildman–Crippen LogP) is 0.795. The van der Waals surface area contributed by atoms with Gasteiger partial charge < -0.3 is 4.74 Å². The van der Waals surface area contributed by atoms with Gasteiger partial charge in [0.1, 0.15) is 0 Å². The fourth-order valence-corrected chi connectivity index (χ4v) is 0.274. The van der Waals surface area contributed by atoms with E-state index in [1.54, 1.807) is 6.07 Å². The highest BCUT2D eigenvalue weighted by atomic mass is 16.5. The number of esters is 1. The normalized spacial score (nSPS) is 8.80. The van der Waals surface area contributed by atoms with E-state index in [-0.39, 0.29) is 5.57 Å². The molecule has 10 heavy (non-hydrogen) atoms. The lowest BCUT2D eigenvalue weighted by atomic mass is 10.3. The summed E-state index contributed by atoms with van der Waals surface area (Å²) in [6.07, 6.45) is 2.44. The number of hydrogen-bond acceptors (Lipinski definition) is 3. The number of ether oxygens (including phenoxy) is 1. The van der Waals surface area contributed by atoms with E-state index in [0.29, 0.717) is 0 Å². The van der Waals surface area contributed by atoms with Gasteiger partial charge in [-0.3, -0.25) is 0 Å². The zero-order chi connectivity index (χ0) is 7.98. The summed E-state index contributed by atoms with van der Waals surface area (Å²) in [7, 11) is 1.27. The first-order chi connectivity index (χ1) is 4.70. The summed E-state index contributed by atoms with van der Waals surface area (Å²) < 4.78 is 4.27. The van der Waals surface area contributed by atoms with Crippen LogP contribution in [0, 0.1) is 11.3 Å². The van der Waals surface area contributed by atoms with Crippen molar-refractivity contribution in [1.29, 1.82) is 5.26 Å². The second-order valence-electron chi connectivity index (χ2n) is 1.49. The van der Waals surface area contributed by atoms with Crippen molar-refractivity contribution in [2.75, 3.05) is 7.11 Å². The van der Waals surface area contributed by atoms with Gasteiger partial charge in [-0.25, -0.2) is 4.79 Å². The predicted molar refractivity (Wildman–Crippen MR) is 35.9 cm³/mol. The van der Waals surface area contributed by atoms with Gasteiger partial charge in [0.2, 0.25) is 0 Å². The molecular formula is C7H7NO2. The molecule has 0 aromatic heterocycles. The van der Waals surface area contributed by atoms with Gasteiger partial charge in [-0.05, 0) is 6.08 Å². The van der Waals surface area contributed by atoms with E-state index in [1.807, 2.05) is 0 Å². The Balaban J connectivity index is 3.91. The molecule has 3 nitrogen and oxygen atoms in total. The molecule has 0 saturated carbocycles. The molecule has 0 rings (SSSR count). The van der Waals surface area contributed by atoms with Crippen molar-refractivity contribution in [3.8, 4) is 6.07 Å². The highest BCUT2D eigenvalue weighted by Crippen LogP contribution is 1.89. The molecule has 0 atom stereocenters. The number of methoxy groups -OCH3 is 1. The van der Waals surface area contributed by atoms with Crippen LogP contribution in [-0.4, -0.2) is 13.1 Å². The summed E-state index contributed by atoms with van der Waals surface area (Å²) >= 11 is 0. The van der Waals surface area contributed by atoms with Crippen molar-refractivity contribution in [1.82, 2.24) is 0 Å². The summed E-state index contributed by atoms with van der Waals surface area (Å²) in [6, 6.07) is 1.76. The lowest BCUT2D eigenvalue weighted by molar-refractivity contribution is -0.134. The van der Waals surface area contributed by atoms with Crippen LogP contribution in [0.4, 0.5) is 0 Å². The van der Waals surface area contributed by atoms with E-state index in [0.717, 1.165) is 6.08 Å². The number of allylic oxidation sites excluding steroid dienone is 2. The largest absolute Gasteiger partial charge is 0.466 e. The van der Waals surface area contributed by atoms with E-state index in [1.165, 1.54) is 13.2 Å². The molecule has 0 saturated heterocycles. The fourth-order valence-electron chi connectivity index (χ4n) is 0.274. The van der Waals surface area contributed by atoms with Crippen molar-refractivity contribution in [3.63, 3.8) is 0 Å². The second kappa shape index (κ2) is 4.33. The van der Waals surface area contributed by atoms with Crippen molar-refractivity contribution >= 4 is 5.97 Å². The third kappa shape index (κ3) is 3.44. The van der Waals surface area contributed by atoms with E-state index in [4.69, 9.17) is 5.26 Å². The smallest absolute Gasteiger partial charge is 0.330 e. The molecule has 0 aliphatic heterocycles. The quantitative estimate of drug-likeness (QED) is 0.245. The third-order valence-corrected chi connectivity index (χ3v) is 0.765. The molecule has 3 heteroatoms. The summed E-state index contributed by atoms with van der Waals surface area (Å²) in [5, 5.41) is 8.17. The summed E-state index contributed by atoms with van der Waals surface area (Å²) in [4.78, 5) is 10.4. The number of carbonyl (C=O) groups excluding carboxylic acids is 1. The number of nitriles is 1. The molecule has 0 bridgehead atoms. The molecule has 52 valence electrons. The average molecular weight is 137 g/mol. The molecule has 0 radical (unpaired) electrons. The highest BCUT2D eigenvalue weighted by molar-refractivity contribution is 5.82. The zero-order valence-electron chi connectivity index (χ0n) is 5.63. The van der Waals surface area contributed by atoms with Crippen molar-refractivity contribution < 1.29 is 9.53 Å². The van der Waals surface area contributed by atoms with E-state index >= 15 is 0 Å². The van der Waals surface area contributed by atoms with Crippen LogP contribution in [0.2, 0.25) is 0 Å². The van der Waals surface area contributed by atoms with E-state index in [9.17, 15) is 4.79 Å². The van der Waals surface area contributed by atoms with Gasteiger partial charge in [-0.2, -0.15) is 5.26 Å². The lowest BCUT2D eigenvalue weighted by Crippen LogP contribution is -1.93. The molecule has 0 aliphatic carbocycles. The molecule has 0 amide bonds. The maximum absolute atomic E-state index is 10.4. The van der Waals surface area contributed by atoms with Gasteiger partial charge in [-0.15, -0.1) is 0 Å². The minimum absolute atomic E-state index is 0.227. The number of nitrogens with zero attached hydrogens (tertiary/aromatic N) is 1. The van der Waals surface area contributed by atoms with Crippen LogP contribution in [0.3, 0.4) is 0 Å². The minimum atomic E-state index is -0.489. The molecule has 0 fully saturated rings. The van der Waals surface area contributed by atoms with Crippen molar-refractivity contribution in [2.45, 2.75) is 0 Å². The van der Waals surface area contributed by atoms with Gasteiger partial charge in [0.05, 0.1) is 13.2 Å². The van der Waals surface area contributed by atoms with Crippen LogP contribution in [0.1, 0.15) is 0 Å². The summed E-state index contributed by atoms with van der Waals surface area (Å²) in [5.74, 6) is -0.489. The molecule has 0 unspecified atom stereocenters. The molecule has 0 spiro atoms. The van der Waals surface area contributed by atoms with Crippen LogP contribution in [0.15, 0.2) is 24.3 Å². The second-order valence-corrected chi connectivity index (χ2v) is 1.49.